The Kier molecular flexibility index (Phi) is 8.13. The van der Waals surface area contributed by atoms with Crippen molar-refractivity contribution in [2.24, 2.45) is 0 Å². The number of aliphatic hydroxyl groups excluding tert-OH is 1. The van der Waals surface area contributed by atoms with Gasteiger partial charge in [-0.05, 0) is 37.8 Å². The van der Waals surface area contributed by atoms with Crippen molar-refractivity contribution in [2.75, 3.05) is 25.3 Å². The number of nitrogens with one attached hydrogen (secondary N) is 1. The molecule has 0 bridgehead atoms. The number of hydrogen-bond donors (Lipinski definition) is 3. The quantitative estimate of drug-likeness (QED) is 0.136. The molecule has 1 aliphatic carbocycles. The summed E-state index contributed by atoms with van der Waals surface area (Å²) in [6.07, 6.45) is 6.36. The van der Waals surface area contributed by atoms with Crippen LogP contribution >= 0.6 is 0 Å². The summed E-state index contributed by atoms with van der Waals surface area (Å²) in [4.78, 5) is 9.79. The lowest BCUT2D eigenvalue weighted by atomic mass is 9.78. The molecule has 0 atom stereocenters. The lowest BCUT2D eigenvalue weighted by Gasteiger charge is -2.34. The van der Waals surface area contributed by atoms with E-state index >= 15 is 0 Å². The highest BCUT2D eigenvalue weighted by Crippen LogP contribution is 2.38. The van der Waals surface area contributed by atoms with Crippen molar-refractivity contribution >= 4 is 19.5 Å². The lowest BCUT2D eigenvalue weighted by molar-refractivity contribution is -0.0458. The highest BCUT2D eigenvalue weighted by atomic mass is 28.3. The minimum Gasteiger partial charge on any atom is -0.393 e. The molecule has 206 valence electrons. The molecular formula is C30H39N5O3Si. The number of aliphatic hydroxyl groups is 2. The van der Waals surface area contributed by atoms with E-state index in [1.807, 2.05) is 41.2 Å². The number of anilines is 1. The van der Waals surface area contributed by atoms with Gasteiger partial charge in [0, 0.05) is 55.2 Å². The maximum absolute atomic E-state index is 10.5. The van der Waals surface area contributed by atoms with Crippen LogP contribution in [0.1, 0.15) is 37.3 Å². The highest BCUT2D eigenvalue weighted by Gasteiger charge is 2.34. The predicted octanol–water partition coefficient (Wildman–Crippen LogP) is 5.56. The van der Waals surface area contributed by atoms with Crippen molar-refractivity contribution in [1.29, 1.82) is 0 Å². The van der Waals surface area contributed by atoms with Crippen molar-refractivity contribution < 1.29 is 14.9 Å². The second-order valence-electron chi connectivity index (χ2n) is 11.9. The van der Waals surface area contributed by atoms with E-state index in [9.17, 15) is 10.2 Å². The van der Waals surface area contributed by atoms with Crippen LogP contribution in [0.15, 0.2) is 60.9 Å². The summed E-state index contributed by atoms with van der Waals surface area (Å²) in [6, 6.07) is 17.4. The minimum absolute atomic E-state index is 0.191. The van der Waals surface area contributed by atoms with Crippen molar-refractivity contribution in [1.82, 2.24) is 19.6 Å². The molecule has 0 radical (unpaired) electrons. The Balaban J connectivity index is 1.44. The second-order valence-corrected chi connectivity index (χ2v) is 17.5. The van der Waals surface area contributed by atoms with Crippen molar-refractivity contribution in [2.45, 2.75) is 62.9 Å². The molecule has 3 aromatic heterocycles. The molecule has 5 rings (SSSR count). The van der Waals surface area contributed by atoms with Crippen molar-refractivity contribution in [3.05, 3.63) is 66.6 Å². The number of aromatic nitrogens is 4. The van der Waals surface area contributed by atoms with Gasteiger partial charge in [0.1, 0.15) is 12.5 Å². The summed E-state index contributed by atoms with van der Waals surface area (Å²) >= 11 is 0. The molecule has 3 N–H and O–H groups in total. The molecule has 0 aliphatic heterocycles. The van der Waals surface area contributed by atoms with Crippen LogP contribution in [0.4, 0.5) is 5.82 Å². The number of rotatable bonds is 10. The van der Waals surface area contributed by atoms with Gasteiger partial charge in [0.05, 0.1) is 24.1 Å². The Morgan fingerprint density at radius 2 is 1.82 bits per heavy atom. The van der Waals surface area contributed by atoms with E-state index in [1.54, 1.807) is 0 Å². The average molecular weight is 546 g/mol. The molecule has 39 heavy (non-hydrogen) atoms. The van der Waals surface area contributed by atoms with Gasteiger partial charge in [0.2, 0.25) is 0 Å². The highest BCUT2D eigenvalue weighted by molar-refractivity contribution is 6.76. The molecule has 1 fully saturated rings. The molecule has 9 heteroatoms. The summed E-state index contributed by atoms with van der Waals surface area (Å²) < 4.78 is 7.76. The van der Waals surface area contributed by atoms with Crippen LogP contribution in [0.2, 0.25) is 25.7 Å². The Hall–Kier alpha value is -3.11. The number of hydrogen-bond acceptors (Lipinski definition) is 7. The third kappa shape index (κ3) is 6.55. The molecule has 4 aromatic rings. The SMILES string of the molecule is C[Si](C)(C)CCOCNc1cc([C@H]2CC[C@@](O)(CO)CC2)nc2c(-c3ccc(-c4ccccc4)nc3)cnn12. The molecule has 8 nitrogen and oxygen atoms in total. The van der Waals surface area contributed by atoms with Gasteiger partial charge in [-0.3, -0.25) is 4.98 Å². The maximum Gasteiger partial charge on any atom is 0.165 e. The number of pyridine rings is 1. The fourth-order valence-corrected chi connectivity index (χ4v) is 5.79. The van der Waals surface area contributed by atoms with Crippen LogP contribution in [0.5, 0.6) is 0 Å². The van der Waals surface area contributed by atoms with Gasteiger partial charge >= 0.3 is 0 Å². The van der Waals surface area contributed by atoms with Gasteiger partial charge in [-0.2, -0.15) is 9.61 Å². The van der Waals surface area contributed by atoms with Crippen LogP contribution in [0, 0.1) is 0 Å². The summed E-state index contributed by atoms with van der Waals surface area (Å²) in [7, 11) is -1.16. The number of benzene rings is 1. The maximum atomic E-state index is 10.5. The monoisotopic (exact) mass is 545 g/mol. The van der Waals surface area contributed by atoms with E-state index in [2.05, 4.69) is 54.3 Å². The topological polar surface area (TPSA) is 105 Å². The molecule has 0 amide bonds. The molecule has 3 heterocycles. The van der Waals surface area contributed by atoms with Gasteiger partial charge in [-0.1, -0.05) is 56.0 Å². The first-order chi connectivity index (χ1) is 18.7. The molecule has 0 spiro atoms. The Labute approximate surface area is 231 Å². The van der Waals surface area contributed by atoms with Crippen LogP contribution in [0.25, 0.3) is 28.0 Å². The molecule has 0 saturated heterocycles. The molecule has 1 saturated carbocycles. The van der Waals surface area contributed by atoms with Crippen molar-refractivity contribution in [3.8, 4) is 22.4 Å². The largest absolute Gasteiger partial charge is 0.393 e. The van der Waals surface area contributed by atoms with Crippen LogP contribution < -0.4 is 5.32 Å². The van der Waals surface area contributed by atoms with Crippen LogP contribution in [-0.4, -0.2) is 63.4 Å². The second kappa shape index (κ2) is 11.6. The van der Waals surface area contributed by atoms with E-state index in [1.165, 1.54) is 0 Å². The van der Waals surface area contributed by atoms with Crippen molar-refractivity contribution in [3.63, 3.8) is 0 Å². The van der Waals surface area contributed by atoms with Crippen LogP contribution in [0.3, 0.4) is 0 Å². The van der Waals surface area contributed by atoms with E-state index in [4.69, 9.17) is 14.7 Å². The van der Waals surface area contributed by atoms with Gasteiger partial charge in [0.15, 0.2) is 5.65 Å². The number of ether oxygens (including phenoxy) is 1. The normalized spacial score (nSPS) is 19.9. The number of nitrogens with zero attached hydrogens (tertiary/aromatic N) is 4. The fraction of sp³-hybridized carbons (Fsp3) is 0.433. The minimum atomic E-state index is -1.16. The number of fused-ring (bicyclic) bond motifs is 1. The zero-order chi connectivity index (χ0) is 27.5. The first kappa shape index (κ1) is 27.5. The zero-order valence-corrected chi connectivity index (χ0v) is 24.1. The molecule has 1 aromatic carbocycles. The predicted molar refractivity (Wildman–Crippen MR) is 157 cm³/mol. The molecular weight excluding hydrogens is 506 g/mol. The third-order valence-electron chi connectivity index (χ3n) is 7.62. The lowest BCUT2D eigenvalue weighted by Crippen LogP contribution is -2.37. The first-order valence-corrected chi connectivity index (χ1v) is 17.5. The van der Waals surface area contributed by atoms with E-state index in [-0.39, 0.29) is 12.5 Å². The molecule has 1 aliphatic rings. The zero-order valence-electron chi connectivity index (χ0n) is 23.1. The summed E-state index contributed by atoms with van der Waals surface area (Å²) in [6.45, 7) is 7.95. The van der Waals surface area contributed by atoms with Gasteiger partial charge in [-0.15, -0.1) is 0 Å². The Bertz CT molecular complexity index is 1380. The standard InChI is InChI=1S/C30H39N5O3Si/c1-39(2,3)16-15-38-21-32-28-17-27(23-11-13-30(37,20-36)14-12-23)34-29-25(19-33-35(28)29)24-9-10-26(31-18-24)22-7-5-4-6-8-22/h4-10,17-19,23,32,36-37H,11-16,20-21H2,1-3H3/t23-,30-. The van der Waals surface area contributed by atoms with E-state index in [0.29, 0.717) is 19.6 Å². The van der Waals surface area contributed by atoms with Gasteiger partial charge in [-0.25, -0.2) is 4.98 Å². The smallest absolute Gasteiger partial charge is 0.165 e. The average Bonchev–Trinajstić information content (AvgIpc) is 3.37. The van der Waals surface area contributed by atoms with Gasteiger partial charge in [0.25, 0.3) is 0 Å². The first-order valence-electron chi connectivity index (χ1n) is 13.8. The van der Waals surface area contributed by atoms with E-state index < -0.39 is 13.7 Å². The summed E-state index contributed by atoms with van der Waals surface area (Å²) in [5.74, 6) is 1.02. The summed E-state index contributed by atoms with van der Waals surface area (Å²) in [5.41, 5.74) is 4.59. The molecule has 0 unspecified atom stereocenters. The third-order valence-corrected chi connectivity index (χ3v) is 9.32. The van der Waals surface area contributed by atoms with Gasteiger partial charge < -0.3 is 20.3 Å². The Morgan fingerprint density at radius 3 is 2.49 bits per heavy atom. The summed E-state index contributed by atoms with van der Waals surface area (Å²) in [5, 5.41) is 28.3. The van der Waals surface area contributed by atoms with E-state index in [0.717, 1.165) is 65.0 Å². The Morgan fingerprint density at radius 1 is 1.05 bits per heavy atom. The fourth-order valence-electron chi connectivity index (χ4n) is 5.04. The van der Waals surface area contributed by atoms with Crippen LogP contribution in [-0.2, 0) is 4.74 Å².